The van der Waals surface area contributed by atoms with Gasteiger partial charge in [-0.05, 0) is 43.8 Å². The zero-order chi connectivity index (χ0) is 25.9. The summed E-state index contributed by atoms with van der Waals surface area (Å²) in [4.78, 5) is 30.6. The standard InChI is InChI=1S/C27H39NO6S/c1-7-23-28-18(14-35-23)11-16(3)20-12-21-19(33-21)10-8-9-15(2)25(31)17(4)26(32)27(5,6)22(29)13-24(30)34-20/h11,14-15,17,20,22,25,29,31H,7-10,12-13H2,1-6H3/b16-11+/t15-,17+,20?,22-,25-/m0/s1. The van der Waals surface area contributed by atoms with Gasteiger partial charge in [0.15, 0.2) is 0 Å². The molecule has 0 bridgehead atoms. The molecule has 7 nitrogen and oxygen atoms in total. The van der Waals surface area contributed by atoms with E-state index < -0.39 is 35.6 Å². The SMILES string of the molecule is CCc1nc(/C=C(\C)C2CC3=C(CCC[C@H](C)[C@H](O)[C@@H](C)C(=O)C(C)(C)[C@@H](O)CC(=O)O2)O3)cs1. The summed E-state index contributed by atoms with van der Waals surface area (Å²) in [6.45, 7) is 10.8. The highest BCUT2D eigenvalue weighted by molar-refractivity contribution is 7.09. The zero-order valence-corrected chi connectivity index (χ0v) is 22.5. The van der Waals surface area contributed by atoms with Crippen LogP contribution in [0, 0.1) is 17.3 Å². The lowest BCUT2D eigenvalue weighted by Crippen LogP contribution is -2.45. The minimum absolute atomic E-state index is 0.0772. The Kier molecular flexibility index (Phi) is 8.94. The highest BCUT2D eigenvalue weighted by Gasteiger charge is 2.42. The van der Waals surface area contributed by atoms with Crippen LogP contribution in [-0.2, 0) is 25.5 Å². The summed E-state index contributed by atoms with van der Waals surface area (Å²) < 4.78 is 11.5. The number of aromatic nitrogens is 1. The van der Waals surface area contributed by atoms with Crippen LogP contribution >= 0.6 is 11.3 Å². The Morgan fingerprint density at radius 2 is 1.94 bits per heavy atom. The molecule has 0 aromatic carbocycles. The number of ketones is 1. The summed E-state index contributed by atoms with van der Waals surface area (Å²) in [5, 5.41) is 24.6. The molecule has 0 saturated heterocycles. The molecular formula is C27H39NO6S. The number of carbonyl (C=O) groups is 2. The van der Waals surface area contributed by atoms with Gasteiger partial charge in [0.2, 0.25) is 0 Å². The number of cyclic esters (lactones) is 1. The third kappa shape index (κ3) is 6.80. The molecule has 1 aromatic heterocycles. The van der Waals surface area contributed by atoms with E-state index in [1.165, 1.54) is 0 Å². The molecular weight excluding hydrogens is 466 g/mol. The number of aryl methyl sites for hydroxylation is 1. The fourth-order valence-electron chi connectivity index (χ4n) is 4.59. The molecule has 2 aliphatic heterocycles. The van der Waals surface area contributed by atoms with Crippen molar-refractivity contribution in [2.45, 2.75) is 98.4 Å². The molecule has 0 spiro atoms. The minimum Gasteiger partial charge on any atom is -0.459 e. The second kappa shape index (κ2) is 11.4. The van der Waals surface area contributed by atoms with Crippen molar-refractivity contribution in [1.29, 1.82) is 0 Å². The maximum absolute atomic E-state index is 13.2. The average Bonchev–Trinajstić information content (AvgIpc) is 3.38. The minimum atomic E-state index is -1.23. The predicted molar refractivity (Wildman–Crippen MR) is 135 cm³/mol. The predicted octanol–water partition coefficient (Wildman–Crippen LogP) is 4.82. The molecule has 0 radical (unpaired) electrons. The molecule has 0 saturated carbocycles. The van der Waals surface area contributed by atoms with E-state index in [0.717, 1.165) is 53.5 Å². The quantitative estimate of drug-likeness (QED) is 0.567. The molecule has 2 aliphatic rings. The van der Waals surface area contributed by atoms with Gasteiger partial charge in [0.1, 0.15) is 23.4 Å². The van der Waals surface area contributed by atoms with Crippen molar-refractivity contribution >= 4 is 29.2 Å². The van der Waals surface area contributed by atoms with Gasteiger partial charge in [0, 0.05) is 17.7 Å². The molecule has 8 heteroatoms. The normalized spacial score (nSPS) is 31.0. The summed E-state index contributed by atoms with van der Waals surface area (Å²) in [6.07, 6.45) is 2.59. The van der Waals surface area contributed by atoms with Crippen molar-refractivity contribution in [3.63, 3.8) is 0 Å². The van der Waals surface area contributed by atoms with Crippen molar-refractivity contribution in [2.75, 3.05) is 0 Å². The fraction of sp³-hybridized carbons (Fsp3) is 0.667. The Morgan fingerprint density at radius 3 is 2.60 bits per heavy atom. The van der Waals surface area contributed by atoms with Gasteiger partial charge in [-0.15, -0.1) is 11.3 Å². The molecule has 0 aliphatic carbocycles. The van der Waals surface area contributed by atoms with Crippen LogP contribution in [0.2, 0.25) is 0 Å². The number of thiazole rings is 1. The number of hydrogen-bond donors (Lipinski definition) is 2. The van der Waals surface area contributed by atoms with Crippen LogP contribution in [0.1, 0.15) is 84.3 Å². The number of Topliss-reactive ketones (excluding diaryl/α,β-unsaturated/α-hetero) is 1. The third-order valence-electron chi connectivity index (χ3n) is 7.32. The molecule has 194 valence electrons. The molecule has 0 fully saturated rings. The van der Waals surface area contributed by atoms with E-state index >= 15 is 0 Å². The van der Waals surface area contributed by atoms with Gasteiger partial charge >= 0.3 is 5.97 Å². The number of esters is 1. The summed E-state index contributed by atoms with van der Waals surface area (Å²) in [6, 6.07) is 0. The van der Waals surface area contributed by atoms with Crippen molar-refractivity contribution < 1.29 is 29.3 Å². The first-order valence-corrected chi connectivity index (χ1v) is 13.4. The number of hydrogen-bond acceptors (Lipinski definition) is 8. The van der Waals surface area contributed by atoms with Crippen LogP contribution in [0.3, 0.4) is 0 Å². The molecule has 3 rings (SSSR count). The average molecular weight is 506 g/mol. The van der Waals surface area contributed by atoms with E-state index in [1.807, 2.05) is 25.3 Å². The molecule has 3 heterocycles. The van der Waals surface area contributed by atoms with Crippen LogP contribution in [0.25, 0.3) is 6.08 Å². The first-order valence-electron chi connectivity index (χ1n) is 12.6. The number of allylic oxidation sites excluding steroid dienone is 1. The Balaban J connectivity index is 1.85. The van der Waals surface area contributed by atoms with Gasteiger partial charge in [0.05, 0.1) is 41.2 Å². The smallest absolute Gasteiger partial charge is 0.309 e. The first-order chi connectivity index (χ1) is 16.4. The van der Waals surface area contributed by atoms with Crippen LogP contribution in [0.4, 0.5) is 0 Å². The summed E-state index contributed by atoms with van der Waals surface area (Å²) >= 11 is 1.59. The fourth-order valence-corrected chi connectivity index (χ4v) is 5.29. The van der Waals surface area contributed by atoms with Crippen molar-refractivity contribution in [1.82, 2.24) is 4.98 Å². The zero-order valence-electron chi connectivity index (χ0n) is 21.7. The lowest BCUT2D eigenvalue weighted by molar-refractivity contribution is -0.154. The Morgan fingerprint density at radius 1 is 1.23 bits per heavy atom. The van der Waals surface area contributed by atoms with E-state index in [2.05, 4.69) is 11.9 Å². The highest BCUT2D eigenvalue weighted by Crippen LogP contribution is 2.38. The van der Waals surface area contributed by atoms with Gasteiger partial charge in [-0.25, -0.2) is 4.98 Å². The number of ether oxygens (including phenoxy) is 2. The van der Waals surface area contributed by atoms with Gasteiger partial charge in [-0.1, -0.05) is 34.6 Å². The Hall–Kier alpha value is -2.03. The molecule has 35 heavy (non-hydrogen) atoms. The molecule has 0 amide bonds. The molecule has 1 unspecified atom stereocenters. The van der Waals surface area contributed by atoms with E-state index in [-0.39, 0.29) is 18.1 Å². The van der Waals surface area contributed by atoms with Crippen LogP contribution < -0.4 is 0 Å². The topological polar surface area (TPSA) is 109 Å². The maximum atomic E-state index is 13.2. The van der Waals surface area contributed by atoms with E-state index in [1.54, 1.807) is 32.1 Å². The third-order valence-corrected chi connectivity index (χ3v) is 8.33. The van der Waals surface area contributed by atoms with E-state index in [0.29, 0.717) is 6.42 Å². The number of nitrogens with zero attached hydrogens (tertiary/aromatic N) is 1. The number of rotatable bonds is 3. The largest absolute Gasteiger partial charge is 0.459 e. The highest BCUT2D eigenvalue weighted by atomic mass is 32.1. The van der Waals surface area contributed by atoms with Gasteiger partial charge in [-0.2, -0.15) is 0 Å². The molecule has 1 aromatic rings. The first kappa shape index (κ1) is 27.6. The van der Waals surface area contributed by atoms with Crippen molar-refractivity contribution in [3.8, 4) is 0 Å². The Labute approximate surface area is 212 Å². The van der Waals surface area contributed by atoms with Crippen LogP contribution in [0.15, 0.2) is 22.5 Å². The number of aliphatic hydroxyl groups excluding tert-OH is 2. The number of carbonyl (C=O) groups excluding carboxylic acids is 2. The van der Waals surface area contributed by atoms with Crippen molar-refractivity contribution in [2.24, 2.45) is 17.3 Å². The summed E-state index contributed by atoms with van der Waals surface area (Å²) in [7, 11) is 0. The van der Waals surface area contributed by atoms with Gasteiger partial charge in [0.25, 0.3) is 0 Å². The molecule has 5 atom stereocenters. The van der Waals surface area contributed by atoms with Crippen molar-refractivity contribution in [3.05, 3.63) is 33.2 Å². The second-order valence-electron chi connectivity index (χ2n) is 10.5. The number of aliphatic hydroxyl groups is 2. The lowest BCUT2D eigenvalue weighted by Gasteiger charge is -2.34. The van der Waals surface area contributed by atoms with Crippen LogP contribution in [-0.4, -0.2) is 45.3 Å². The van der Waals surface area contributed by atoms with Gasteiger partial charge < -0.3 is 19.7 Å². The lowest BCUT2D eigenvalue weighted by atomic mass is 9.73. The maximum Gasteiger partial charge on any atom is 0.309 e. The van der Waals surface area contributed by atoms with Crippen LogP contribution in [0.5, 0.6) is 0 Å². The summed E-state index contributed by atoms with van der Waals surface area (Å²) in [5.74, 6) is 0.150. The van der Waals surface area contributed by atoms with Gasteiger partial charge in [-0.3, -0.25) is 9.59 Å². The summed E-state index contributed by atoms with van der Waals surface area (Å²) in [5.41, 5.74) is 0.458. The second-order valence-corrected chi connectivity index (χ2v) is 11.4. The Bertz CT molecular complexity index is 994. The monoisotopic (exact) mass is 505 g/mol. The van der Waals surface area contributed by atoms with E-state index in [4.69, 9.17) is 9.47 Å². The van der Waals surface area contributed by atoms with E-state index in [9.17, 15) is 19.8 Å². The molecule has 2 N–H and O–H groups in total.